The number of anilines is 1. The molecule has 1 fully saturated rings. The molecule has 0 radical (unpaired) electrons. The molecule has 0 saturated carbocycles. The number of piperidine rings is 1. The highest BCUT2D eigenvalue weighted by atomic mass is 32.1. The fourth-order valence-corrected chi connectivity index (χ4v) is 5.20. The molecule has 3 aromatic rings. The van der Waals surface area contributed by atoms with Crippen LogP contribution in [0.15, 0.2) is 36.4 Å². The summed E-state index contributed by atoms with van der Waals surface area (Å²) in [6, 6.07) is 13.0. The van der Waals surface area contributed by atoms with E-state index in [0.717, 1.165) is 48.0 Å². The lowest BCUT2D eigenvalue weighted by atomic mass is 9.84. The van der Waals surface area contributed by atoms with Gasteiger partial charge in [0.1, 0.15) is 5.01 Å². The van der Waals surface area contributed by atoms with E-state index in [0.29, 0.717) is 11.8 Å². The van der Waals surface area contributed by atoms with E-state index in [4.69, 9.17) is 15.1 Å². The zero-order chi connectivity index (χ0) is 21.1. The van der Waals surface area contributed by atoms with Crippen molar-refractivity contribution >= 4 is 17.2 Å². The van der Waals surface area contributed by atoms with Crippen LogP contribution in [0, 0.1) is 5.92 Å². The molecular formula is C25H32N4S. The maximum Gasteiger partial charge on any atom is 0.173 e. The largest absolute Gasteiger partial charge is 0.398 e. The van der Waals surface area contributed by atoms with Gasteiger partial charge >= 0.3 is 0 Å². The first-order valence-corrected chi connectivity index (χ1v) is 11.9. The van der Waals surface area contributed by atoms with Gasteiger partial charge in [0.05, 0.1) is 0 Å². The van der Waals surface area contributed by atoms with Gasteiger partial charge in [-0.2, -0.15) is 4.37 Å². The second kappa shape index (κ2) is 9.27. The molecule has 0 amide bonds. The third-order valence-corrected chi connectivity index (χ3v) is 6.80. The SMILES string of the molecule is CCc1c(-c2nsc(-c3ccc(CC(C)C)c(N)c3)n2)cccc1C1CCNCC1. The van der Waals surface area contributed by atoms with Crippen molar-refractivity contribution in [3.63, 3.8) is 0 Å². The summed E-state index contributed by atoms with van der Waals surface area (Å²) in [7, 11) is 0. The van der Waals surface area contributed by atoms with E-state index in [2.05, 4.69) is 56.4 Å². The molecule has 3 N–H and O–H groups in total. The molecule has 1 aromatic heterocycles. The third-order valence-electron chi connectivity index (χ3n) is 6.03. The van der Waals surface area contributed by atoms with Crippen LogP contribution in [0.1, 0.15) is 56.2 Å². The van der Waals surface area contributed by atoms with Crippen LogP contribution in [0.3, 0.4) is 0 Å². The smallest absolute Gasteiger partial charge is 0.173 e. The molecule has 4 nitrogen and oxygen atoms in total. The highest BCUT2D eigenvalue weighted by molar-refractivity contribution is 7.09. The molecule has 0 atom stereocenters. The minimum atomic E-state index is 0.589. The third kappa shape index (κ3) is 4.42. The van der Waals surface area contributed by atoms with Crippen LogP contribution < -0.4 is 11.1 Å². The van der Waals surface area contributed by atoms with Crippen molar-refractivity contribution in [2.24, 2.45) is 5.92 Å². The van der Waals surface area contributed by atoms with Crippen LogP contribution in [0.2, 0.25) is 0 Å². The molecule has 5 heteroatoms. The Kier molecular flexibility index (Phi) is 6.49. The Balaban J connectivity index is 1.65. The van der Waals surface area contributed by atoms with Crippen LogP contribution in [0.25, 0.3) is 22.0 Å². The average molecular weight is 421 g/mol. The van der Waals surface area contributed by atoms with Crippen molar-refractivity contribution in [3.8, 4) is 22.0 Å². The number of aromatic nitrogens is 2. The van der Waals surface area contributed by atoms with Crippen LogP contribution in [-0.2, 0) is 12.8 Å². The number of hydrogen-bond donors (Lipinski definition) is 2. The maximum absolute atomic E-state index is 6.32. The van der Waals surface area contributed by atoms with Gasteiger partial charge in [0.25, 0.3) is 0 Å². The van der Waals surface area contributed by atoms with Gasteiger partial charge < -0.3 is 11.1 Å². The summed E-state index contributed by atoms with van der Waals surface area (Å²) in [5.41, 5.74) is 13.5. The fourth-order valence-electron chi connectivity index (χ4n) is 4.53. The van der Waals surface area contributed by atoms with Gasteiger partial charge in [0.15, 0.2) is 5.82 Å². The van der Waals surface area contributed by atoms with Gasteiger partial charge in [-0.25, -0.2) is 4.98 Å². The Hall–Kier alpha value is -2.24. The van der Waals surface area contributed by atoms with Crippen molar-refractivity contribution in [1.82, 2.24) is 14.7 Å². The molecule has 30 heavy (non-hydrogen) atoms. The normalized spacial score (nSPS) is 15.1. The van der Waals surface area contributed by atoms with E-state index in [9.17, 15) is 0 Å². The Morgan fingerprint density at radius 3 is 2.67 bits per heavy atom. The lowest BCUT2D eigenvalue weighted by molar-refractivity contribution is 0.458. The molecule has 2 heterocycles. The predicted molar refractivity (Wildman–Crippen MR) is 128 cm³/mol. The van der Waals surface area contributed by atoms with Crippen molar-refractivity contribution in [2.45, 2.75) is 52.4 Å². The van der Waals surface area contributed by atoms with Crippen LogP contribution in [-0.4, -0.2) is 22.4 Å². The van der Waals surface area contributed by atoms with E-state index < -0.39 is 0 Å². The van der Waals surface area contributed by atoms with Crippen LogP contribution >= 0.6 is 11.5 Å². The van der Waals surface area contributed by atoms with Crippen LogP contribution in [0.4, 0.5) is 5.69 Å². The van der Waals surface area contributed by atoms with Crippen molar-refractivity contribution < 1.29 is 0 Å². The summed E-state index contributed by atoms with van der Waals surface area (Å²) in [6.45, 7) is 8.88. The summed E-state index contributed by atoms with van der Waals surface area (Å²) >= 11 is 1.46. The highest BCUT2D eigenvalue weighted by Crippen LogP contribution is 2.35. The molecule has 4 rings (SSSR count). The highest BCUT2D eigenvalue weighted by Gasteiger charge is 2.21. The lowest BCUT2D eigenvalue weighted by Crippen LogP contribution is -2.27. The van der Waals surface area contributed by atoms with Crippen LogP contribution in [0.5, 0.6) is 0 Å². The number of hydrogen-bond acceptors (Lipinski definition) is 5. The fraction of sp³-hybridized carbons (Fsp3) is 0.440. The van der Waals surface area contributed by atoms with E-state index in [1.54, 1.807) is 0 Å². The van der Waals surface area contributed by atoms with E-state index in [1.807, 2.05) is 6.07 Å². The molecule has 0 aliphatic carbocycles. The topological polar surface area (TPSA) is 63.8 Å². The monoisotopic (exact) mass is 420 g/mol. The van der Waals surface area contributed by atoms with Crippen molar-refractivity contribution in [1.29, 1.82) is 0 Å². The average Bonchev–Trinajstić information content (AvgIpc) is 3.25. The number of nitrogens with one attached hydrogen (secondary N) is 1. The Morgan fingerprint density at radius 2 is 1.97 bits per heavy atom. The molecule has 0 bridgehead atoms. The van der Waals surface area contributed by atoms with Gasteiger partial charge in [0.2, 0.25) is 0 Å². The van der Waals surface area contributed by atoms with Crippen molar-refractivity contribution in [2.75, 3.05) is 18.8 Å². The Bertz CT molecular complexity index is 1000. The number of nitrogens with zero attached hydrogens (tertiary/aromatic N) is 2. The first-order valence-electron chi connectivity index (χ1n) is 11.1. The Labute approximate surface area is 184 Å². The number of benzene rings is 2. The molecular weight excluding hydrogens is 388 g/mol. The minimum Gasteiger partial charge on any atom is -0.398 e. The van der Waals surface area contributed by atoms with E-state index in [-0.39, 0.29) is 0 Å². The molecule has 0 spiro atoms. The maximum atomic E-state index is 6.32. The zero-order valence-corrected chi connectivity index (χ0v) is 19.1. The number of nitrogens with two attached hydrogens (primary N) is 1. The summed E-state index contributed by atoms with van der Waals surface area (Å²) in [4.78, 5) is 4.92. The summed E-state index contributed by atoms with van der Waals surface area (Å²) in [5, 5.41) is 4.41. The molecule has 1 saturated heterocycles. The first-order chi connectivity index (χ1) is 14.6. The summed E-state index contributed by atoms with van der Waals surface area (Å²) in [5.74, 6) is 2.06. The standard InChI is InChI=1S/C25H32N4S/c1-4-20-21(17-10-12-27-13-11-17)6-5-7-22(20)24-28-25(30-29-24)19-9-8-18(14-16(2)3)23(26)15-19/h5-9,15-17,27H,4,10-14,26H2,1-3H3. The van der Waals surface area contributed by atoms with Crippen molar-refractivity contribution in [3.05, 3.63) is 53.1 Å². The number of rotatable bonds is 6. The Morgan fingerprint density at radius 1 is 1.17 bits per heavy atom. The van der Waals surface area contributed by atoms with E-state index in [1.165, 1.54) is 46.6 Å². The van der Waals surface area contributed by atoms with Gasteiger partial charge in [-0.3, -0.25) is 0 Å². The lowest BCUT2D eigenvalue weighted by Gasteiger charge is -2.25. The zero-order valence-electron chi connectivity index (χ0n) is 18.2. The van der Waals surface area contributed by atoms with Gasteiger partial charge in [0, 0.05) is 16.8 Å². The summed E-state index contributed by atoms with van der Waals surface area (Å²) < 4.78 is 4.74. The van der Waals surface area contributed by atoms with Gasteiger partial charge in [-0.15, -0.1) is 0 Å². The molecule has 0 unspecified atom stereocenters. The predicted octanol–water partition coefficient (Wildman–Crippen LogP) is 5.68. The molecule has 2 aromatic carbocycles. The quantitative estimate of drug-likeness (QED) is 0.503. The molecule has 158 valence electrons. The molecule has 1 aliphatic heterocycles. The second-order valence-electron chi connectivity index (χ2n) is 8.69. The molecule has 1 aliphatic rings. The van der Waals surface area contributed by atoms with Gasteiger partial charge in [-0.1, -0.05) is 51.1 Å². The second-order valence-corrected chi connectivity index (χ2v) is 9.44. The van der Waals surface area contributed by atoms with E-state index >= 15 is 0 Å². The van der Waals surface area contributed by atoms with Gasteiger partial charge in [-0.05, 0) is 84.9 Å². The first kappa shape index (κ1) is 21.0. The summed E-state index contributed by atoms with van der Waals surface area (Å²) in [6.07, 6.45) is 4.40. The number of nitrogen functional groups attached to an aromatic ring is 1. The minimum absolute atomic E-state index is 0.589.